The van der Waals surface area contributed by atoms with E-state index in [4.69, 9.17) is 0 Å². The highest BCUT2D eigenvalue weighted by Crippen LogP contribution is 2.19. The molecule has 1 amide bonds. The molecule has 0 radical (unpaired) electrons. The quantitative estimate of drug-likeness (QED) is 0.899. The van der Waals surface area contributed by atoms with Gasteiger partial charge in [0, 0.05) is 18.4 Å². The van der Waals surface area contributed by atoms with Crippen LogP contribution in [0.3, 0.4) is 0 Å². The highest BCUT2D eigenvalue weighted by atomic mass is 16.1. The maximum atomic E-state index is 12.3. The van der Waals surface area contributed by atoms with Gasteiger partial charge in [-0.05, 0) is 56.2 Å². The second kappa shape index (κ2) is 5.74. The van der Waals surface area contributed by atoms with Gasteiger partial charge >= 0.3 is 0 Å². The van der Waals surface area contributed by atoms with E-state index in [1.54, 1.807) is 7.05 Å². The fourth-order valence-corrected chi connectivity index (χ4v) is 2.15. The van der Waals surface area contributed by atoms with Crippen LogP contribution >= 0.6 is 0 Å². The Morgan fingerprint density at radius 3 is 2.45 bits per heavy atom. The van der Waals surface area contributed by atoms with Crippen LogP contribution in [0.1, 0.15) is 27.2 Å². The van der Waals surface area contributed by atoms with Crippen molar-refractivity contribution in [2.24, 2.45) is 0 Å². The monoisotopic (exact) mass is 269 g/mol. The number of aromatic nitrogens is 1. The van der Waals surface area contributed by atoms with Crippen LogP contribution in [0.2, 0.25) is 0 Å². The lowest BCUT2D eigenvalue weighted by atomic mass is 10.1. The third-order valence-corrected chi connectivity index (χ3v) is 3.03. The highest BCUT2D eigenvalue weighted by Gasteiger charge is 2.12. The third kappa shape index (κ3) is 3.15. The van der Waals surface area contributed by atoms with Crippen molar-refractivity contribution in [3.8, 4) is 0 Å². The molecule has 0 aliphatic rings. The number of carbonyl (C=O) groups excluding carboxylic acids is 1. The second-order valence-electron chi connectivity index (χ2n) is 4.92. The lowest BCUT2D eigenvalue weighted by Gasteiger charge is -2.11. The van der Waals surface area contributed by atoms with E-state index in [0.29, 0.717) is 11.4 Å². The summed E-state index contributed by atoms with van der Waals surface area (Å²) in [5.74, 6) is 0.418. The van der Waals surface area contributed by atoms with Gasteiger partial charge in [0.15, 0.2) is 0 Å². The topological polar surface area (TPSA) is 54.0 Å². The van der Waals surface area contributed by atoms with Crippen molar-refractivity contribution < 1.29 is 4.79 Å². The SMILES string of the molecule is CNc1cc(C)ccc1C(=O)Nc1cc(C)cc(C)n1. The van der Waals surface area contributed by atoms with E-state index < -0.39 is 0 Å². The van der Waals surface area contributed by atoms with E-state index in [9.17, 15) is 4.79 Å². The number of hydrogen-bond donors (Lipinski definition) is 2. The van der Waals surface area contributed by atoms with Crippen molar-refractivity contribution in [2.75, 3.05) is 17.7 Å². The largest absolute Gasteiger partial charge is 0.387 e. The average molecular weight is 269 g/mol. The molecule has 2 aromatic rings. The zero-order chi connectivity index (χ0) is 14.7. The van der Waals surface area contributed by atoms with E-state index in [0.717, 1.165) is 22.5 Å². The number of pyridine rings is 1. The number of carbonyl (C=O) groups is 1. The van der Waals surface area contributed by atoms with Crippen LogP contribution in [0.25, 0.3) is 0 Å². The molecule has 0 aliphatic heterocycles. The fourth-order valence-electron chi connectivity index (χ4n) is 2.15. The first kappa shape index (κ1) is 14.1. The second-order valence-corrected chi connectivity index (χ2v) is 4.92. The summed E-state index contributed by atoms with van der Waals surface area (Å²) in [6, 6.07) is 9.52. The van der Waals surface area contributed by atoms with Crippen molar-refractivity contribution in [3.05, 3.63) is 52.7 Å². The zero-order valence-corrected chi connectivity index (χ0v) is 12.2. The van der Waals surface area contributed by atoms with Crippen LogP contribution in [0.4, 0.5) is 11.5 Å². The number of aryl methyl sites for hydroxylation is 3. The molecule has 2 N–H and O–H groups in total. The minimum atomic E-state index is -0.160. The molecular weight excluding hydrogens is 250 g/mol. The predicted octanol–water partition coefficient (Wildman–Crippen LogP) is 3.30. The minimum absolute atomic E-state index is 0.160. The number of benzene rings is 1. The Labute approximate surface area is 119 Å². The maximum absolute atomic E-state index is 12.3. The fraction of sp³-hybridized carbons (Fsp3) is 0.250. The maximum Gasteiger partial charge on any atom is 0.258 e. The van der Waals surface area contributed by atoms with Crippen LogP contribution in [-0.2, 0) is 0 Å². The molecule has 2 rings (SSSR count). The van der Waals surface area contributed by atoms with Crippen LogP contribution in [0.15, 0.2) is 30.3 Å². The van der Waals surface area contributed by atoms with Crippen molar-refractivity contribution in [2.45, 2.75) is 20.8 Å². The first-order chi connectivity index (χ1) is 9.49. The molecule has 0 atom stereocenters. The molecular formula is C16H19N3O. The lowest BCUT2D eigenvalue weighted by Crippen LogP contribution is -2.15. The first-order valence-electron chi connectivity index (χ1n) is 6.54. The number of nitrogens with zero attached hydrogens (tertiary/aromatic N) is 1. The molecule has 0 unspecified atom stereocenters. The van der Waals surface area contributed by atoms with E-state index >= 15 is 0 Å². The van der Waals surface area contributed by atoms with Gasteiger partial charge in [-0.25, -0.2) is 4.98 Å². The van der Waals surface area contributed by atoms with Crippen LogP contribution < -0.4 is 10.6 Å². The average Bonchev–Trinajstić information content (AvgIpc) is 2.37. The van der Waals surface area contributed by atoms with Crippen molar-refractivity contribution in [1.29, 1.82) is 0 Å². The molecule has 4 nitrogen and oxygen atoms in total. The Morgan fingerprint density at radius 2 is 1.80 bits per heavy atom. The molecule has 0 bridgehead atoms. The molecule has 20 heavy (non-hydrogen) atoms. The summed E-state index contributed by atoms with van der Waals surface area (Å²) in [5, 5.41) is 5.89. The molecule has 0 saturated heterocycles. The summed E-state index contributed by atoms with van der Waals surface area (Å²) < 4.78 is 0. The van der Waals surface area contributed by atoms with Gasteiger partial charge in [0.2, 0.25) is 0 Å². The van der Waals surface area contributed by atoms with Crippen LogP contribution in [0, 0.1) is 20.8 Å². The summed E-state index contributed by atoms with van der Waals surface area (Å²) >= 11 is 0. The molecule has 4 heteroatoms. The van der Waals surface area contributed by atoms with E-state index in [2.05, 4.69) is 15.6 Å². The summed E-state index contributed by atoms with van der Waals surface area (Å²) in [6.07, 6.45) is 0. The van der Waals surface area contributed by atoms with Crippen LogP contribution in [0.5, 0.6) is 0 Å². The third-order valence-electron chi connectivity index (χ3n) is 3.03. The van der Waals surface area contributed by atoms with Gasteiger partial charge in [-0.3, -0.25) is 4.79 Å². The number of hydrogen-bond acceptors (Lipinski definition) is 3. The number of anilines is 2. The number of nitrogens with one attached hydrogen (secondary N) is 2. The Morgan fingerprint density at radius 1 is 1.05 bits per heavy atom. The van der Waals surface area contributed by atoms with Gasteiger partial charge in [-0.15, -0.1) is 0 Å². The molecule has 0 spiro atoms. The first-order valence-corrected chi connectivity index (χ1v) is 6.54. The zero-order valence-electron chi connectivity index (χ0n) is 12.2. The van der Waals surface area contributed by atoms with Gasteiger partial charge in [0.05, 0.1) is 5.56 Å². The molecule has 104 valence electrons. The van der Waals surface area contributed by atoms with E-state index in [1.165, 1.54) is 0 Å². The Hall–Kier alpha value is -2.36. The molecule has 0 aliphatic carbocycles. The smallest absolute Gasteiger partial charge is 0.258 e. The predicted molar refractivity (Wildman–Crippen MR) is 82.4 cm³/mol. The van der Waals surface area contributed by atoms with E-state index in [1.807, 2.05) is 51.1 Å². The van der Waals surface area contributed by atoms with Gasteiger partial charge in [0.25, 0.3) is 5.91 Å². The minimum Gasteiger partial charge on any atom is -0.387 e. The van der Waals surface area contributed by atoms with Gasteiger partial charge < -0.3 is 10.6 Å². The number of amides is 1. The highest BCUT2D eigenvalue weighted by molar-refractivity contribution is 6.07. The Bertz CT molecular complexity index is 630. The molecule has 1 aromatic heterocycles. The van der Waals surface area contributed by atoms with Crippen molar-refractivity contribution in [1.82, 2.24) is 4.98 Å². The van der Waals surface area contributed by atoms with Crippen LogP contribution in [-0.4, -0.2) is 17.9 Å². The summed E-state index contributed by atoms with van der Waals surface area (Å²) in [5.41, 5.74) is 4.49. The Balaban J connectivity index is 2.28. The van der Waals surface area contributed by atoms with Gasteiger partial charge in [-0.2, -0.15) is 0 Å². The molecule has 1 aromatic carbocycles. The van der Waals surface area contributed by atoms with E-state index in [-0.39, 0.29) is 5.91 Å². The van der Waals surface area contributed by atoms with Gasteiger partial charge in [-0.1, -0.05) is 6.07 Å². The van der Waals surface area contributed by atoms with Crippen molar-refractivity contribution >= 4 is 17.4 Å². The summed E-state index contributed by atoms with van der Waals surface area (Å²) in [7, 11) is 1.81. The molecule has 1 heterocycles. The number of rotatable bonds is 3. The normalized spacial score (nSPS) is 10.2. The Kier molecular flexibility index (Phi) is 4.03. The summed E-state index contributed by atoms with van der Waals surface area (Å²) in [4.78, 5) is 16.7. The van der Waals surface area contributed by atoms with Crippen molar-refractivity contribution in [3.63, 3.8) is 0 Å². The van der Waals surface area contributed by atoms with Gasteiger partial charge in [0.1, 0.15) is 5.82 Å². The molecule has 0 saturated carbocycles. The summed E-state index contributed by atoms with van der Waals surface area (Å²) in [6.45, 7) is 5.89. The standard InChI is InChI=1S/C16H19N3O/c1-10-5-6-13(14(8-10)17-4)16(20)19-15-9-11(2)7-12(3)18-15/h5-9,17H,1-4H3,(H,18,19,20). The molecule has 0 fully saturated rings. The lowest BCUT2D eigenvalue weighted by molar-refractivity contribution is 0.102.